The lowest BCUT2D eigenvalue weighted by Gasteiger charge is -2.32. The average molecular weight is 282 g/mol. The van der Waals surface area contributed by atoms with Crippen molar-refractivity contribution in [2.75, 3.05) is 6.54 Å². The molecule has 2 fully saturated rings. The zero-order chi connectivity index (χ0) is 14.5. The van der Waals surface area contributed by atoms with Crippen LogP contribution in [0.5, 0.6) is 0 Å². The van der Waals surface area contributed by atoms with Gasteiger partial charge in [0.05, 0.1) is 5.92 Å². The number of carbonyl (C=O) groups is 2. The van der Waals surface area contributed by atoms with Crippen LogP contribution in [0.4, 0.5) is 0 Å². The van der Waals surface area contributed by atoms with Gasteiger partial charge in [0.1, 0.15) is 0 Å². The van der Waals surface area contributed by atoms with Crippen molar-refractivity contribution in [3.8, 4) is 0 Å². The molecule has 0 aliphatic heterocycles. The molecule has 2 rings (SSSR count). The Morgan fingerprint density at radius 2 is 1.70 bits per heavy atom. The number of hydrogen-bond donors (Lipinski definition) is 3. The molecule has 5 nitrogen and oxygen atoms in total. The summed E-state index contributed by atoms with van der Waals surface area (Å²) < 4.78 is 0. The molecule has 4 N–H and O–H groups in total. The topological polar surface area (TPSA) is 92.4 Å². The van der Waals surface area contributed by atoms with E-state index in [0.29, 0.717) is 18.9 Å². The normalized spacial score (nSPS) is 34.5. The Morgan fingerprint density at radius 1 is 1.05 bits per heavy atom. The van der Waals surface area contributed by atoms with Crippen LogP contribution in [0.3, 0.4) is 0 Å². The van der Waals surface area contributed by atoms with E-state index in [1.807, 2.05) is 0 Å². The molecule has 20 heavy (non-hydrogen) atoms. The molecule has 0 heterocycles. The third-order valence-corrected chi connectivity index (χ3v) is 4.96. The number of carboxylic acid groups (broad SMARTS) is 1. The van der Waals surface area contributed by atoms with Gasteiger partial charge in [0.2, 0.25) is 5.91 Å². The molecule has 1 amide bonds. The van der Waals surface area contributed by atoms with E-state index in [1.54, 1.807) is 0 Å². The number of amides is 1. The standard InChI is InChI=1S/C15H26N2O3/c16-9-10-5-7-11(8-6-10)14(18)17-13-4-2-1-3-12(13)15(19)20/h10-13H,1-9,16H2,(H,17,18)(H,19,20). The Morgan fingerprint density at radius 3 is 2.30 bits per heavy atom. The van der Waals surface area contributed by atoms with Gasteiger partial charge in [0.25, 0.3) is 0 Å². The molecule has 2 saturated carbocycles. The second-order valence-electron chi connectivity index (χ2n) is 6.30. The number of hydrogen-bond acceptors (Lipinski definition) is 3. The van der Waals surface area contributed by atoms with Crippen molar-refractivity contribution in [1.29, 1.82) is 0 Å². The van der Waals surface area contributed by atoms with Crippen LogP contribution >= 0.6 is 0 Å². The maximum Gasteiger partial charge on any atom is 0.308 e. The van der Waals surface area contributed by atoms with Gasteiger partial charge >= 0.3 is 5.97 Å². The second-order valence-corrected chi connectivity index (χ2v) is 6.30. The number of nitrogens with two attached hydrogens (primary N) is 1. The van der Waals surface area contributed by atoms with E-state index in [1.165, 1.54) is 0 Å². The minimum Gasteiger partial charge on any atom is -0.481 e. The maximum atomic E-state index is 12.3. The van der Waals surface area contributed by atoms with Crippen molar-refractivity contribution in [1.82, 2.24) is 5.32 Å². The Balaban J connectivity index is 1.85. The highest BCUT2D eigenvalue weighted by Crippen LogP contribution is 2.30. The Hall–Kier alpha value is -1.10. The van der Waals surface area contributed by atoms with Crippen molar-refractivity contribution >= 4 is 11.9 Å². The number of aliphatic carboxylic acids is 1. The highest BCUT2D eigenvalue weighted by Gasteiger charge is 2.34. The number of nitrogens with one attached hydrogen (secondary N) is 1. The molecule has 2 atom stereocenters. The summed E-state index contributed by atoms with van der Waals surface area (Å²) in [5, 5.41) is 12.2. The predicted molar refractivity (Wildman–Crippen MR) is 76.0 cm³/mol. The van der Waals surface area contributed by atoms with Crippen molar-refractivity contribution in [2.24, 2.45) is 23.5 Å². The molecule has 2 aliphatic rings. The zero-order valence-corrected chi connectivity index (χ0v) is 12.0. The number of carbonyl (C=O) groups excluding carboxylic acids is 1. The van der Waals surface area contributed by atoms with Crippen LogP contribution in [0.2, 0.25) is 0 Å². The first-order valence-corrected chi connectivity index (χ1v) is 7.85. The van der Waals surface area contributed by atoms with Crippen LogP contribution in [0.1, 0.15) is 51.4 Å². The van der Waals surface area contributed by atoms with Crippen LogP contribution in [0.15, 0.2) is 0 Å². The van der Waals surface area contributed by atoms with Crippen molar-refractivity contribution in [3.63, 3.8) is 0 Å². The summed E-state index contributed by atoms with van der Waals surface area (Å²) in [6, 6.07) is -0.180. The second kappa shape index (κ2) is 7.07. The Kier molecular flexibility index (Phi) is 5.40. The van der Waals surface area contributed by atoms with Gasteiger partial charge in [-0.25, -0.2) is 0 Å². The summed E-state index contributed by atoms with van der Waals surface area (Å²) >= 11 is 0. The summed E-state index contributed by atoms with van der Waals surface area (Å²) in [6.45, 7) is 0.706. The fourth-order valence-electron chi connectivity index (χ4n) is 3.56. The fraction of sp³-hybridized carbons (Fsp3) is 0.867. The lowest BCUT2D eigenvalue weighted by atomic mass is 9.80. The smallest absolute Gasteiger partial charge is 0.308 e. The minimum atomic E-state index is -0.776. The first-order valence-electron chi connectivity index (χ1n) is 7.85. The van der Waals surface area contributed by atoms with Crippen molar-refractivity contribution in [2.45, 2.75) is 57.4 Å². The molecule has 0 aromatic rings. The lowest BCUT2D eigenvalue weighted by Crippen LogP contribution is -2.47. The van der Waals surface area contributed by atoms with Gasteiger partial charge in [-0.2, -0.15) is 0 Å². The van der Waals surface area contributed by atoms with Crippen LogP contribution in [-0.2, 0) is 9.59 Å². The van der Waals surface area contributed by atoms with Crippen LogP contribution in [0.25, 0.3) is 0 Å². The first kappa shape index (κ1) is 15.3. The Bertz CT molecular complexity index is 351. The third kappa shape index (κ3) is 3.72. The van der Waals surface area contributed by atoms with Gasteiger partial charge in [-0.15, -0.1) is 0 Å². The summed E-state index contributed by atoms with van der Waals surface area (Å²) in [5.74, 6) is -0.525. The highest BCUT2D eigenvalue weighted by atomic mass is 16.4. The number of carboxylic acids is 1. The van der Waals surface area contributed by atoms with Crippen molar-refractivity contribution < 1.29 is 14.7 Å². The average Bonchev–Trinajstić information content (AvgIpc) is 2.47. The highest BCUT2D eigenvalue weighted by molar-refractivity contribution is 5.80. The summed E-state index contributed by atoms with van der Waals surface area (Å²) in [7, 11) is 0. The van der Waals surface area contributed by atoms with Gasteiger partial charge < -0.3 is 16.2 Å². The molecular weight excluding hydrogens is 256 g/mol. The molecule has 5 heteroatoms. The molecule has 2 aliphatic carbocycles. The van der Waals surface area contributed by atoms with E-state index >= 15 is 0 Å². The van der Waals surface area contributed by atoms with E-state index < -0.39 is 11.9 Å². The van der Waals surface area contributed by atoms with E-state index in [2.05, 4.69) is 5.32 Å². The van der Waals surface area contributed by atoms with E-state index in [9.17, 15) is 14.7 Å². The van der Waals surface area contributed by atoms with Crippen molar-refractivity contribution in [3.05, 3.63) is 0 Å². The van der Waals surface area contributed by atoms with Gasteiger partial charge in [0, 0.05) is 12.0 Å². The number of rotatable bonds is 4. The van der Waals surface area contributed by atoms with Gasteiger partial charge in [0.15, 0.2) is 0 Å². The SMILES string of the molecule is NCC1CCC(C(=O)NC2CCCCC2C(=O)O)CC1. The molecule has 0 aromatic heterocycles. The van der Waals surface area contributed by atoms with E-state index in [0.717, 1.165) is 44.9 Å². The largest absolute Gasteiger partial charge is 0.481 e. The molecule has 0 saturated heterocycles. The Labute approximate surface area is 120 Å². The van der Waals surface area contributed by atoms with Gasteiger partial charge in [-0.05, 0) is 51.0 Å². The van der Waals surface area contributed by atoms with Crippen LogP contribution in [0, 0.1) is 17.8 Å². The lowest BCUT2D eigenvalue weighted by molar-refractivity contribution is -0.144. The first-order chi connectivity index (χ1) is 9.61. The molecular formula is C15H26N2O3. The van der Waals surface area contributed by atoms with E-state index in [4.69, 9.17) is 5.73 Å². The molecule has 0 aromatic carbocycles. The van der Waals surface area contributed by atoms with Gasteiger partial charge in [-0.3, -0.25) is 9.59 Å². The molecule has 0 radical (unpaired) electrons. The predicted octanol–water partition coefficient (Wildman–Crippen LogP) is 1.51. The molecule has 2 unspecified atom stereocenters. The molecule has 114 valence electrons. The van der Waals surface area contributed by atoms with Gasteiger partial charge in [-0.1, -0.05) is 12.8 Å². The van der Waals surface area contributed by atoms with Crippen LogP contribution in [-0.4, -0.2) is 29.6 Å². The monoisotopic (exact) mass is 282 g/mol. The quantitative estimate of drug-likeness (QED) is 0.728. The van der Waals surface area contributed by atoms with Crippen LogP contribution < -0.4 is 11.1 Å². The molecule has 0 bridgehead atoms. The summed E-state index contributed by atoms with van der Waals surface area (Å²) in [6.07, 6.45) is 7.24. The summed E-state index contributed by atoms with van der Waals surface area (Å²) in [4.78, 5) is 23.5. The maximum absolute atomic E-state index is 12.3. The van der Waals surface area contributed by atoms with E-state index in [-0.39, 0.29) is 17.9 Å². The third-order valence-electron chi connectivity index (χ3n) is 4.96. The molecule has 0 spiro atoms. The fourth-order valence-corrected chi connectivity index (χ4v) is 3.56. The summed E-state index contributed by atoms with van der Waals surface area (Å²) in [5.41, 5.74) is 5.66. The minimum absolute atomic E-state index is 0.0502. The zero-order valence-electron chi connectivity index (χ0n) is 12.0.